The summed E-state index contributed by atoms with van der Waals surface area (Å²) < 4.78 is 96.8. The van der Waals surface area contributed by atoms with E-state index in [1.54, 1.807) is 29.2 Å². The molecule has 1 fully saturated rings. The lowest BCUT2D eigenvalue weighted by atomic mass is 10.2. The van der Waals surface area contributed by atoms with Crippen LogP contribution in [0.25, 0.3) is 0 Å². The lowest BCUT2D eigenvalue weighted by Gasteiger charge is -2.35. The van der Waals surface area contributed by atoms with E-state index in [-0.39, 0.29) is 51.9 Å². The molecule has 2 N–H and O–H groups in total. The highest BCUT2D eigenvalue weighted by Gasteiger charge is 2.39. The highest BCUT2D eigenvalue weighted by Crippen LogP contribution is 2.32. The first-order chi connectivity index (χ1) is 22.7. The number of carbonyl (C=O) groups is 1. The molecule has 1 aliphatic heterocycles. The van der Waals surface area contributed by atoms with Crippen molar-refractivity contribution in [3.8, 4) is 5.75 Å². The lowest BCUT2D eigenvalue weighted by molar-refractivity contribution is -0.144. The summed E-state index contributed by atoms with van der Waals surface area (Å²) in [5, 5.41) is 16.9. The number of hydrogen-bond donors (Lipinski definition) is 2. The van der Waals surface area contributed by atoms with E-state index in [0.29, 0.717) is 28.4 Å². The first kappa shape index (κ1) is 36.3. The zero-order valence-electron chi connectivity index (χ0n) is 25.8. The molecule has 1 saturated heterocycles. The normalized spacial score (nSPS) is 15.3. The van der Waals surface area contributed by atoms with Crippen LogP contribution in [0.4, 0.5) is 38.0 Å². The number of ether oxygens (including phenoxy) is 3. The molecule has 13 nitrogen and oxygen atoms in total. The Morgan fingerprint density at radius 2 is 1.58 bits per heavy atom. The number of amides is 1. The summed E-state index contributed by atoms with van der Waals surface area (Å²) in [6, 6.07) is 5.45. The highest BCUT2D eigenvalue weighted by molar-refractivity contribution is 5.81. The smallest absolute Gasteiger partial charge is 0.423 e. The number of halogens is 6. The van der Waals surface area contributed by atoms with Crippen LogP contribution in [0.5, 0.6) is 5.75 Å². The molecule has 0 bridgehead atoms. The van der Waals surface area contributed by atoms with Gasteiger partial charge in [-0.3, -0.25) is 9.59 Å². The van der Waals surface area contributed by atoms with E-state index in [2.05, 4.69) is 20.4 Å². The topological polar surface area (TPSA) is 144 Å². The number of piperazine rings is 1. The second-order valence-electron chi connectivity index (χ2n) is 10.7. The van der Waals surface area contributed by atoms with E-state index in [1.807, 2.05) is 0 Å². The Bertz CT molecular complexity index is 1560. The average molecular weight is 690 g/mol. The Morgan fingerprint density at radius 3 is 2.15 bits per heavy atom. The van der Waals surface area contributed by atoms with Crippen LogP contribution in [0.15, 0.2) is 47.7 Å². The van der Waals surface area contributed by atoms with Crippen LogP contribution >= 0.6 is 0 Å². The van der Waals surface area contributed by atoms with Crippen molar-refractivity contribution in [2.45, 2.75) is 31.0 Å². The summed E-state index contributed by atoms with van der Waals surface area (Å²) >= 11 is 0. The van der Waals surface area contributed by atoms with Crippen molar-refractivity contribution in [2.24, 2.45) is 0 Å². The molecule has 19 heteroatoms. The Morgan fingerprint density at radius 1 is 0.938 bits per heavy atom. The molecular weight excluding hydrogens is 656 g/mol. The summed E-state index contributed by atoms with van der Waals surface area (Å²) in [6.45, 7) is -0.584. The van der Waals surface area contributed by atoms with Crippen molar-refractivity contribution in [1.29, 1.82) is 0 Å². The van der Waals surface area contributed by atoms with Gasteiger partial charge in [0, 0.05) is 45.7 Å². The number of carbonyl (C=O) groups excluding carboxylic acids is 1. The van der Waals surface area contributed by atoms with Gasteiger partial charge in [-0.05, 0) is 17.7 Å². The fraction of sp³-hybridized carbons (Fsp3) is 0.483. The van der Waals surface area contributed by atoms with Gasteiger partial charge in [-0.1, -0.05) is 12.1 Å². The number of rotatable bonds is 13. The predicted octanol–water partition coefficient (Wildman–Crippen LogP) is 2.28. The van der Waals surface area contributed by atoms with Crippen molar-refractivity contribution < 1.29 is 50.5 Å². The van der Waals surface area contributed by atoms with Crippen molar-refractivity contribution >= 4 is 17.5 Å². The molecular formula is C29H33F6N7O6. The molecule has 4 rings (SSSR count). The van der Waals surface area contributed by atoms with Crippen molar-refractivity contribution in [3.63, 3.8) is 0 Å². The zero-order valence-corrected chi connectivity index (χ0v) is 25.8. The third kappa shape index (κ3) is 9.32. The number of aliphatic hydroxyl groups is 1. The molecule has 1 aliphatic rings. The maximum Gasteiger partial charge on any atom is 0.423 e. The maximum atomic E-state index is 14.1. The Labute approximate surface area is 270 Å². The molecule has 2 aromatic heterocycles. The quantitative estimate of drug-likeness (QED) is 0.255. The molecule has 0 saturated carbocycles. The van der Waals surface area contributed by atoms with E-state index < -0.39 is 59.4 Å². The van der Waals surface area contributed by atoms with Crippen LogP contribution in [0.1, 0.15) is 16.7 Å². The fourth-order valence-corrected chi connectivity index (χ4v) is 4.80. The molecule has 0 spiro atoms. The number of methoxy groups -OCH3 is 2. The van der Waals surface area contributed by atoms with Gasteiger partial charge in [0.05, 0.1) is 57.0 Å². The summed E-state index contributed by atoms with van der Waals surface area (Å²) in [4.78, 5) is 36.1. The van der Waals surface area contributed by atoms with Crippen LogP contribution in [0.2, 0.25) is 0 Å². The van der Waals surface area contributed by atoms with E-state index in [1.165, 1.54) is 19.1 Å². The average Bonchev–Trinajstić information content (AvgIpc) is 3.05. The third-order valence-electron chi connectivity index (χ3n) is 7.27. The van der Waals surface area contributed by atoms with E-state index >= 15 is 0 Å². The number of alkyl halides is 6. The monoisotopic (exact) mass is 689 g/mol. The van der Waals surface area contributed by atoms with Crippen LogP contribution in [0, 0.1) is 0 Å². The van der Waals surface area contributed by atoms with Gasteiger partial charge in [-0.25, -0.2) is 14.6 Å². The van der Waals surface area contributed by atoms with Crippen LogP contribution in [-0.2, 0) is 33.2 Å². The van der Waals surface area contributed by atoms with Crippen molar-refractivity contribution in [1.82, 2.24) is 24.6 Å². The fourth-order valence-electron chi connectivity index (χ4n) is 4.80. The van der Waals surface area contributed by atoms with E-state index in [0.717, 1.165) is 6.20 Å². The standard InChI is InChI=1S/C29H33F6N7O6/c1-46-15-20(39-22-13-38-42(26(45)24(22)29(33,34)35)14-18-3-5-21(47-2)6-4-18)16-48-17-23(43)25(44)40-7-9-41(10-8-40)27-36-11-19(12-37-27)28(30,31)32/h3-6,11-13,20,23,39,43H,7-10,14-17H2,1-2H3/t20-,23?/m0/s1. The molecule has 3 heterocycles. The molecule has 0 aliphatic carbocycles. The molecule has 0 radical (unpaired) electrons. The first-order valence-electron chi connectivity index (χ1n) is 14.5. The summed E-state index contributed by atoms with van der Waals surface area (Å²) in [7, 11) is 2.77. The Kier molecular flexibility index (Phi) is 11.8. The minimum Gasteiger partial charge on any atom is -0.497 e. The molecule has 262 valence electrons. The maximum absolute atomic E-state index is 14.1. The van der Waals surface area contributed by atoms with Crippen LogP contribution in [-0.4, -0.2) is 108 Å². The van der Waals surface area contributed by atoms with Gasteiger partial charge in [0.15, 0.2) is 6.10 Å². The second kappa shape index (κ2) is 15.6. The molecule has 1 amide bonds. The van der Waals surface area contributed by atoms with Gasteiger partial charge < -0.3 is 34.4 Å². The first-order valence-corrected chi connectivity index (χ1v) is 14.5. The number of benzene rings is 1. The number of anilines is 2. The minimum absolute atomic E-state index is 0.0640. The molecule has 3 aromatic rings. The van der Waals surface area contributed by atoms with Crippen LogP contribution in [0.3, 0.4) is 0 Å². The van der Waals surface area contributed by atoms with Crippen molar-refractivity contribution in [3.05, 3.63) is 69.9 Å². The summed E-state index contributed by atoms with van der Waals surface area (Å²) in [6.07, 6.45) is -9.00. The van der Waals surface area contributed by atoms with Gasteiger partial charge in [0.2, 0.25) is 5.95 Å². The SMILES string of the molecule is COC[C@@H](COCC(O)C(=O)N1CCN(c2ncc(C(F)(F)F)cn2)CC1)Nc1cnn(Cc2ccc(OC)cc2)c(=O)c1C(F)(F)F. The molecule has 48 heavy (non-hydrogen) atoms. The molecule has 1 aromatic carbocycles. The van der Waals surface area contributed by atoms with Gasteiger partial charge in [0.1, 0.15) is 11.3 Å². The second-order valence-corrected chi connectivity index (χ2v) is 10.7. The van der Waals surface area contributed by atoms with Gasteiger partial charge in [-0.15, -0.1) is 0 Å². The largest absolute Gasteiger partial charge is 0.497 e. The Balaban J connectivity index is 1.33. The van der Waals surface area contributed by atoms with Crippen LogP contribution < -0.4 is 20.5 Å². The third-order valence-corrected chi connectivity index (χ3v) is 7.27. The van der Waals surface area contributed by atoms with E-state index in [4.69, 9.17) is 14.2 Å². The lowest BCUT2D eigenvalue weighted by Crippen LogP contribution is -2.52. The van der Waals surface area contributed by atoms with Gasteiger partial charge >= 0.3 is 12.4 Å². The predicted molar refractivity (Wildman–Crippen MR) is 158 cm³/mol. The van der Waals surface area contributed by atoms with Gasteiger partial charge in [0.25, 0.3) is 11.5 Å². The number of hydrogen-bond acceptors (Lipinski definition) is 11. The minimum atomic E-state index is -5.03. The van der Waals surface area contributed by atoms with E-state index in [9.17, 15) is 41.0 Å². The number of nitrogens with one attached hydrogen (secondary N) is 1. The zero-order chi connectivity index (χ0) is 35.1. The Hall–Kier alpha value is -4.49. The number of nitrogens with zero attached hydrogens (tertiary/aromatic N) is 6. The summed E-state index contributed by atoms with van der Waals surface area (Å²) in [5.41, 5.74) is -3.91. The molecule has 2 atom stereocenters. The van der Waals surface area contributed by atoms with Crippen molar-refractivity contribution in [2.75, 3.05) is 70.4 Å². The summed E-state index contributed by atoms with van der Waals surface area (Å²) in [5.74, 6) is -0.0801. The van der Waals surface area contributed by atoms with Gasteiger partial charge in [-0.2, -0.15) is 31.4 Å². The number of aliphatic hydroxyl groups excluding tert-OH is 1. The molecule has 1 unspecified atom stereocenters. The number of aromatic nitrogens is 4. The highest BCUT2D eigenvalue weighted by atomic mass is 19.4.